The van der Waals surface area contributed by atoms with E-state index in [2.05, 4.69) is 52.9 Å². The molecule has 1 aromatic rings. The van der Waals surface area contributed by atoms with E-state index >= 15 is 0 Å². The Hall–Kier alpha value is -1.55. The van der Waals surface area contributed by atoms with Crippen LogP contribution in [0.25, 0.3) is 0 Å². The Labute approximate surface area is 108 Å². The highest BCUT2D eigenvalue weighted by Crippen LogP contribution is 2.09. The predicted molar refractivity (Wildman–Crippen MR) is 74.2 cm³/mol. The van der Waals surface area contributed by atoms with Crippen LogP contribution in [-0.4, -0.2) is 25.3 Å². The van der Waals surface area contributed by atoms with Gasteiger partial charge in [0.05, 0.1) is 12.8 Å². The molecule has 0 radical (unpaired) electrons. The van der Waals surface area contributed by atoms with Gasteiger partial charge in [-0.3, -0.25) is 0 Å². The first-order chi connectivity index (χ1) is 7.77. The first-order valence-electron chi connectivity index (χ1n) is 5.41. The molecule has 1 aliphatic heterocycles. The van der Waals surface area contributed by atoms with Crippen LogP contribution in [0.2, 0.25) is 0 Å². The third-order valence-corrected chi connectivity index (χ3v) is 2.58. The lowest BCUT2D eigenvalue weighted by molar-refractivity contribution is 0.919. The van der Waals surface area contributed by atoms with E-state index < -0.39 is 0 Å². The van der Waals surface area contributed by atoms with E-state index in [9.17, 15) is 0 Å². The summed E-state index contributed by atoms with van der Waals surface area (Å²) < 4.78 is 0. The second-order valence-corrected chi connectivity index (χ2v) is 3.83. The third kappa shape index (κ3) is 3.46. The molecule has 0 atom stereocenters. The number of rotatable bonds is 2. The lowest BCUT2D eigenvalue weighted by atomic mass is 10.0. The van der Waals surface area contributed by atoms with E-state index in [1.807, 2.05) is 6.21 Å². The summed E-state index contributed by atoms with van der Waals surface area (Å²) in [4.78, 5) is 4.19. The third-order valence-electron chi connectivity index (χ3n) is 2.58. The van der Waals surface area contributed by atoms with Gasteiger partial charge in [0.25, 0.3) is 0 Å². The SMILES string of the molecule is Cc1cccc(C)c1C=NNC1=NCCN1.Cl. The van der Waals surface area contributed by atoms with Crippen molar-refractivity contribution >= 4 is 24.6 Å². The monoisotopic (exact) mass is 252 g/mol. The second kappa shape index (κ2) is 6.25. The highest BCUT2D eigenvalue weighted by Gasteiger charge is 2.02. The van der Waals surface area contributed by atoms with Crippen molar-refractivity contribution in [1.29, 1.82) is 0 Å². The van der Waals surface area contributed by atoms with Crippen LogP contribution in [0.3, 0.4) is 0 Å². The molecule has 0 aliphatic carbocycles. The van der Waals surface area contributed by atoms with Gasteiger partial charge in [0, 0.05) is 12.1 Å². The fourth-order valence-corrected chi connectivity index (χ4v) is 1.66. The van der Waals surface area contributed by atoms with E-state index in [0.29, 0.717) is 0 Å². The average Bonchev–Trinajstić information content (AvgIpc) is 2.75. The number of guanidine groups is 1. The van der Waals surface area contributed by atoms with Crippen molar-refractivity contribution in [1.82, 2.24) is 10.7 Å². The summed E-state index contributed by atoms with van der Waals surface area (Å²) >= 11 is 0. The van der Waals surface area contributed by atoms with Crippen LogP contribution < -0.4 is 10.7 Å². The molecule has 0 saturated heterocycles. The van der Waals surface area contributed by atoms with E-state index in [1.165, 1.54) is 11.1 Å². The number of benzene rings is 1. The van der Waals surface area contributed by atoms with Crippen molar-refractivity contribution in [2.45, 2.75) is 13.8 Å². The summed E-state index contributed by atoms with van der Waals surface area (Å²) in [5.41, 5.74) is 6.51. The zero-order valence-electron chi connectivity index (χ0n) is 10.0. The van der Waals surface area contributed by atoms with Crippen molar-refractivity contribution in [3.05, 3.63) is 34.9 Å². The molecule has 2 rings (SSSR count). The van der Waals surface area contributed by atoms with Gasteiger partial charge in [0.2, 0.25) is 5.96 Å². The number of hydrazone groups is 1. The van der Waals surface area contributed by atoms with Crippen LogP contribution >= 0.6 is 12.4 Å². The number of aryl methyl sites for hydroxylation is 2. The van der Waals surface area contributed by atoms with Gasteiger partial charge in [0.15, 0.2) is 0 Å². The molecule has 4 nitrogen and oxygen atoms in total. The molecule has 0 amide bonds. The molecular formula is C12H17ClN4. The fraction of sp³-hybridized carbons (Fsp3) is 0.333. The Kier molecular flexibility index (Phi) is 4.97. The van der Waals surface area contributed by atoms with Gasteiger partial charge in [-0.2, -0.15) is 5.10 Å². The van der Waals surface area contributed by atoms with Gasteiger partial charge >= 0.3 is 0 Å². The largest absolute Gasteiger partial charge is 0.353 e. The van der Waals surface area contributed by atoms with E-state index in [0.717, 1.165) is 24.6 Å². The minimum atomic E-state index is 0. The summed E-state index contributed by atoms with van der Waals surface area (Å²) in [5, 5.41) is 7.27. The molecule has 0 saturated carbocycles. The molecule has 0 fully saturated rings. The summed E-state index contributed by atoms with van der Waals surface area (Å²) in [6, 6.07) is 6.22. The number of hydrogen-bond acceptors (Lipinski definition) is 4. The van der Waals surface area contributed by atoms with E-state index in [4.69, 9.17) is 0 Å². The van der Waals surface area contributed by atoms with Crippen molar-refractivity contribution in [2.24, 2.45) is 10.1 Å². The lowest BCUT2D eigenvalue weighted by Gasteiger charge is -2.04. The van der Waals surface area contributed by atoms with Gasteiger partial charge in [-0.1, -0.05) is 18.2 Å². The van der Waals surface area contributed by atoms with Gasteiger partial charge in [-0.15, -0.1) is 12.4 Å². The average molecular weight is 253 g/mol. The molecule has 1 aliphatic rings. The Morgan fingerprint density at radius 2 is 2.06 bits per heavy atom. The van der Waals surface area contributed by atoms with Crippen LogP contribution in [0.1, 0.15) is 16.7 Å². The second-order valence-electron chi connectivity index (χ2n) is 3.83. The maximum Gasteiger partial charge on any atom is 0.212 e. The summed E-state index contributed by atoms with van der Waals surface area (Å²) in [5.74, 6) is 0.752. The zero-order valence-corrected chi connectivity index (χ0v) is 10.8. The number of nitrogens with one attached hydrogen (secondary N) is 2. The van der Waals surface area contributed by atoms with Crippen molar-refractivity contribution in [3.8, 4) is 0 Å². The van der Waals surface area contributed by atoms with Gasteiger partial charge < -0.3 is 5.32 Å². The summed E-state index contributed by atoms with van der Waals surface area (Å²) in [6.07, 6.45) is 1.84. The minimum Gasteiger partial charge on any atom is -0.353 e. The Bertz CT molecular complexity index is 420. The molecule has 17 heavy (non-hydrogen) atoms. The molecule has 2 N–H and O–H groups in total. The van der Waals surface area contributed by atoms with Gasteiger partial charge in [-0.05, 0) is 25.0 Å². The van der Waals surface area contributed by atoms with Crippen molar-refractivity contribution in [2.75, 3.05) is 13.1 Å². The normalized spacial score (nSPS) is 14.1. The van der Waals surface area contributed by atoms with Gasteiger partial charge in [-0.25, -0.2) is 10.4 Å². The molecule has 0 spiro atoms. The number of halogens is 1. The van der Waals surface area contributed by atoms with Gasteiger partial charge in [0.1, 0.15) is 0 Å². The highest BCUT2D eigenvalue weighted by molar-refractivity contribution is 5.86. The molecule has 92 valence electrons. The van der Waals surface area contributed by atoms with Crippen LogP contribution in [-0.2, 0) is 0 Å². The summed E-state index contributed by atoms with van der Waals surface area (Å²) in [6.45, 7) is 5.88. The highest BCUT2D eigenvalue weighted by atomic mass is 35.5. The topological polar surface area (TPSA) is 48.8 Å². The van der Waals surface area contributed by atoms with Crippen molar-refractivity contribution < 1.29 is 0 Å². The first kappa shape index (κ1) is 13.5. The Balaban J connectivity index is 0.00000144. The molecule has 1 aromatic carbocycles. The Morgan fingerprint density at radius 1 is 1.35 bits per heavy atom. The maximum absolute atomic E-state index is 4.19. The van der Waals surface area contributed by atoms with E-state index in [-0.39, 0.29) is 12.4 Å². The van der Waals surface area contributed by atoms with Crippen LogP contribution in [0.5, 0.6) is 0 Å². The predicted octanol–water partition coefficient (Wildman–Crippen LogP) is 1.61. The number of hydrogen-bond donors (Lipinski definition) is 2. The molecule has 0 bridgehead atoms. The zero-order chi connectivity index (χ0) is 11.4. The molecule has 0 unspecified atom stereocenters. The lowest BCUT2D eigenvalue weighted by Crippen LogP contribution is -2.30. The number of nitrogens with zero attached hydrogens (tertiary/aromatic N) is 2. The standard InChI is InChI=1S/C12H16N4.ClH/c1-9-4-3-5-10(2)11(9)8-15-16-12-13-6-7-14-12;/h3-5,8H,6-7H2,1-2H3,(H2,13,14,16);1H. The van der Waals surface area contributed by atoms with Crippen LogP contribution in [0.15, 0.2) is 28.3 Å². The maximum atomic E-state index is 4.19. The quantitative estimate of drug-likeness (QED) is 0.621. The molecular weight excluding hydrogens is 236 g/mol. The number of aliphatic imine (C=N–C) groups is 1. The molecule has 0 aromatic heterocycles. The fourth-order valence-electron chi connectivity index (χ4n) is 1.66. The molecule has 5 heteroatoms. The van der Waals surface area contributed by atoms with E-state index in [1.54, 1.807) is 0 Å². The first-order valence-corrected chi connectivity index (χ1v) is 5.41. The van der Waals surface area contributed by atoms with Crippen LogP contribution in [0.4, 0.5) is 0 Å². The smallest absolute Gasteiger partial charge is 0.212 e. The summed E-state index contributed by atoms with van der Waals surface area (Å²) in [7, 11) is 0. The van der Waals surface area contributed by atoms with Crippen molar-refractivity contribution in [3.63, 3.8) is 0 Å². The Morgan fingerprint density at radius 3 is 2.65 bits per heavy atom. The van der Waals surface area contributed by atoms with Crippen LogP contribution in [0, 0.1) is 13.8 Å². The minimum absolute atomic E-state index is 0. The molecule has 1 heterocycles.